The zero-order valence-corrected chi connectivity index (χ0v) is 10.9. The Bertz CT molecular complexity index is 562. The molecular weight excluding hydrogens is 234 g/mol. The van der Waals surface area contributed by atoms with Crippen LogP contribution in [0.4, 0.5) is 0 Å². The third kappa shape index (κ3) is 3.00. The minimum absolute atomic E-state index is 0.161. The number of rotatable bonds is 2. The van der Waals surface area contributed by atoms with E-state index in [9.17, 15) is 19.9 Å². The van der Waals surface area contributed by atoms with E-state index in [0.717, 1.165) is 0 Å². The summed E-state index contributed by atoms with van der Waals surface area (Å²) in [5.74, 6) is -1.05. The molecule has 0 spiro atoms. The minimum atomic E-state index is -0.920. The number of carbonyl (C=O) groups is 1. The largest absolute Gasteiger partial charge is 0.507 e. The lowest BCUT2D eigenvalue weighted by atomic mass is 9.95. The third-order valence-electron chi connectivity index (χ3n) is 2.32. The Labute approximate surface area is 105 Å². The minimum Gasteiger partial charge on any atom is -0.507 e. The summed E-state index contributed by atoms with van der Waals surface area (Å²) in [6, 6.07) is 1.17. The Morgan fingerprint density at radius 1 is 1.39 bits per heavy atom. The first-order valence-corrected chi connectivity index (χ1v) is 5.52. The Morgan fingerprint density at radius 2 is 1.94 bits per heavy atom. The van der Waals surface area contributed by atoms with Crippen LogP contribution in [-0.4, -0.2) is 20.8 Å². The maximum absolute atomic E-state index is 11.8. The second kappa shape index (κ2) is 4.68. The summed E-state index contributed by atoms with van der Waals surface area (Å²) in [4.78, 5) is 23.5. The quantitative estimate of drug-likeness (QED) is 0.478. The molecule has 2 N–H and O–H groups in total. The Kier molecular flexibility index (Phi) is 3.65. The van der Waals surface area contributed by atoms with Crippen LogP contribution in [0.15, 0.2) is 23.0 Å². The second-order valence-corrected chi connectivity index (χ2v) is 5.23. The molecule has 0 radical (unpaired) electrons. The molecule has 1 rings (SSSR count). The molecule has 0 bridgehead atoms. The molecule has 5 nitrogen and oxygen atoms in total. The fraction of sp³-hybridized carbons (Fsp3) is 0.385. The Morgan fingerprint density at radius 3 is 2.44 bits per heavy atom. The molecule has 0 amide bonds. The highest BCUT2D eigenvalue weighted by atomic mass is 16.5. The molecule has 0 aromatic carbocycles. The van der Waals surface area contributed by atoms with Gasteiger partial charge in [-0.2, -0.15) is 4.73 Å². The summed E-state index contributed by atoms with van der Waals surface area (Å²) in [5.41, 5.74) is -1.40. The molecule has 0 fully saturated rings. The van der Waals surface area contributed by atoms with Gasteiger partial charge in [0.15, 0.2) is 5.78 Å². The highest BCUT2D eigenvalue weighted by Crippen LogP contribution is 2.18. The summed E-state index contributed by atoms with van der Waals surface area (Å²) < 4.78 is 0.345. The summed E-state index contributed by atoms with van der Waals surface area (Å²) in [6.45, 7) is 7.14. The van der Waals surface area contributed by atoms with E-state index in [4.69, 9.17) is 0 Å². The molecule has 0 aliphatic carbocycles. The summed E-state index contributed by atoms with van der Waals surface area (Å²) >= 11 is 0. The van der Waals surface area contributed by atoms with E-state index in [1.165, 1.54) is 19.1 Å². The number of nitrogens with zero attached hydrogens (tertiary/aromatic N) is 1. The third-order valence-corrected chi connectivity index (χ3v) is 2.32. The molecule has 0 aliphatic rings. The molecule has 0 saturated heterocycles. The van der Waals surface area contributed by atoms with Crippen LogP contribution in [0.25, 0.3) is 0 Å². The van der Waals surface area contributed by atoms with E-state index >= 15 is 0 Å². The van der Waals surface area contributed by atoms with Crippen molar-refractivity contribution < 1.29 is 15.1 Å². The first kappa shape index (κ1) is 14.0. The van der Waals surface area contributed by atoms with Gasteiger partial charge < -0.3 is 10.3 Å². The van der Waals surface area contributed by atoms with Gasteiger partial charge in [0, 0.05) is 6.07 Å². The van der Waals surface area contributed by atoms with Crippen LogP contribution >= 0.6 is 0 Å². The maximum atomic E-state index is 11.8. The molecule has 0 atom stereocenters. The molecule has 0 aliphatic heterocycles. The number of aromatic nitrogens is 1. The molecule has 18 heavy (non-hydrogen) atoms. The van der Waals surface area contributed by atoms with Crippen LogP contribution in [0, 0.1) is 12.3 Å². The smallest absolute Gasteiger partial charge is 0.298 e. The first-order valence-electron chi connectivity index (χ1n) is 5.52. The number of hydrogen-bond donors (Lipinski definition) is 2. The van der Waals surface area contributed by atoms with Gasteiger partial charge in [0.2, 0.25) is 0 Å². The van der Waals surface area contributed by atoms with E-state index in [1.807, 2.05) is 20.8 Å². The number of ketones is 1. The van der Waals surface area contributed by atoms with Crippen molar-refractivity contribution in [3.63, 3.8) is 0 Å². The number of aromatic hydroxyl groups is 1. The van der Waals surface area contributed by atoms with Crippen LogP contribution < -0.4 is 5.56 Å². The van der Waals surface area contributed by atoms with Gasteiger partial charge >= 0.3 is 0 Å². The van der Waals surface area contributed by atoms with Gasteiger partial charge in [-0.1, -0.05) is 26.8 Å². The lowest BCUT2D eigenvalue weighted by Crippen LogP contribution is -2.26. The first-order chi connectivity index (χ1) is 8.13. The van der Waals surface area contributed by atoms with Crippen LogP contribution in [-0.2, 0) is 0 Å². The summed E-state index contributed by atoms with van der Waals surface area (Å²) in [6.07, 6.45) is 2.86. The van der Waals surface area contributed by atoms with Crippen molar-refractivity contribution in [1.29, 1.82) is 0 Å². The van der Waals surface area contributed by atoms with Crippen molar-refractivity contribution in [2.75, 3.05) is 0 Å². The van der Waals surface area contributed by atoms with Gasteiger partial charge in [-0.3, -0.25) is 9.59 Å². The molecule has 1 heterocycles. The highest BCUT2D eigenvalue weighted by molar-refractivity contribution is 6.06. The van der Waals surface area contributed by atoms with E-state index in [2.05, 4.69) is 0 Å². The molecule has 0 saturated carbocycles. The van der Waals surface area contributed by atoms with Gasteiger partial charge in [0.05, 0.1) is 5.69 Å². The van der Waals surface area contributed by atoms with Crippen molar-refractivity contribution >= 4 is 5.78 Å². The topological polar surface area (TPSA) is 79.5 Å². The van der Waals surface area contributed by atoms with Crippen LogP contribution in [0.2, 0.25) is 0 Å². The zero-order valence-electron chi connectivity index (χ0n) is 10.9. The van der Waals surface area contributed by atoms with E-state index in [1.54, 1.807) is 6.08 Å². The van der Waals surface area contributed by atoms with E-state index in [0.29, 0.717) is 4.73 Å². The highest BCUT2D eigenvalue weighted by Gasteiger charge is 2.18. The number of pyridine rings is 1. The van der Waals surface area contributed by atoms with Crippen LogP contribution in [0.3, 0.4) is 0 Å². The number of carbonyl (C=O) groups excluding carboxylic acids is 1. The fourth-order valence-electron chi connectivity index (χ4n) is 1.35. The zero-order chi connectivity index (χ0) is 14.1. The number of allylic oxidation sites excluding steroid dienone is 2. The van der Waals surface area contributed by atoms with Crippen molar-refractivity contribution in [2.45, 2.75) is 27.7 Å². The second-order valence-electron chi connectivity index (χ2n) is 5.23. The summed E-state index contributed by atoms with van der Waals surface area (Å²) in [5, 5.41) is 19.0. The van der Waals surface area contributed by atoms with Crippen LogP contribution in [0.5, 0.6) is 5.75 Å². The number of aryl methyl sites for hydroxylation is 1. The average molecular weight is 251 g/mol. The predicted octanol–water partition coefficient (Wildman–Crippen LogP) is 1.88. The van der Waals surface area contributed by atoms with Crippen LogP contribution in [0.1, 0.15) is 36.8 Å². The fourth-order valence-corrected chi connectivity index (χ4v) is 1.35. The average Bonchev–Trinajstić information content (AvgIpc) is 2.22. The molecule has 98 valence electrons. The van der Waals surface area contributed by atoms with Gasteiger partial charge in [0.25, 0.3) is 5.56 Å². The normalized spacial score (nSPS) is 12.0. The van der Waals surface area contributed by atoms with Gasteiger partial charge in [0.1, 0.15) is 11.3 Å². The number of hydrogen-bond acceptors (Lipinski definition) is 4. The van der Waals surface area contributed by atoms with Gasteiger partial charge in [-0.25, -0.2) is 0 Å². The van der Waals surface area contributed by atoms with Gasteiger partial charge in [-0.15, -0.1) is 0 Å². The van der Waals surface area contributed by atoms with Crippen molar-refractivity contribution in [3.05, 3.63) is 39.8 Å². The monoisotopic (exact) mass is 251 g/mol. The molecule has 5 heteroatoms. The van der Waals surface area contributed by atoms with E-state index in [-0.39, 0.29) is 11.1 Å². The van der Waals surface area contributed by atoms with Crippen molar-refractivity contribution in [2.24, 2.45) is 5.41 Å². The molecule has 1 aromatic rings. The summed E-state index contributed by atoms with van der Waals surface area (Å²) in [7, 11) is 0. The molecule has 1 aromatic heterocycles. The molecule has 0 unspecified atom stereocenters. The SMILES string of the molecule is Cc1cc(O)c(C(=O)/C=C/C(C)(C)C)c(=O)n1O. The van der Waals surface area contributed by atoms with Crippen molar-refractivity contribution in [1.82, 2.24) is 4.73 Å². The predicted molar refractivity (Wildman–Crippen MR) is 67.2 cm³/mol. The lowest BCUT2D eigenvalue weighted by molar-refractivity contribution is 0.103. The van der Waals surface area contributed by atoms with Crippen molar-refractivity contribution in [3.8, 4) is 5.75 Å². The van der Waals surface area contributed by atoms with E-state index < -0.39 is 22.7 Å². The van der Waals surface area contributed by atoms with Gasteiger partial charge in [-0.05, 0) is 18.4 Å². The lowest BCUT2D eigenvalue weighted by Gasteiger charge is -2.11. The Hall–Kier alpha value is -2.04. The maximum Gasteiger partial charge on any atom is 0.298 e. The Balaban J connectivity index is 3.28. The molecular formula is C13H17NO4. The standard InChI is InChI=1S/C13H17NO4/c1-8-7-10(16)11(12(17)14(8)18)9(15)5-6-13(2,3)4/h5-7,16,18H,1-4H3/b6-5+.